The largest absolute Gasteiger partial charge is 0.416 e. The average Bonchev–Trinajstić information content (AvgIpc) is 2.75. The Hall–Kier alpha value is -2.31. The minimum atomic E-state index is -4.46. The van der Waals surface area contributed by atoms with Gasteiger partial charge >= 0.3 is 6.18 Å². The topological polar surface area (TPSA) is 46.9 Å². The lowest BCUT2D eigenvalue weighted by molar-refractivity contribution is -0.137. The Balaban J connectivity index is 2.52. The number of carbonyl (C=O) groups is 1. The van der Waals surface area contributed by atoms with Crippen molar-refractivity contribution in [1.29, 1.82) is 0 Å². The number of aryl methyl sites for hydroxylation is 1. The Bertz CT molecular complexity index is 605. The molecule has 2 rings (SSSR count). The van der Waals surface area contributed by atoms with E-state index in [1.165, 1.54) is 10.7 Å². The summed E-state index contributed by atoms with van der Waals surface area (Å²) in [7, 11) is 0. The number of alkyl halides is 3. The maximum absolute atomic E-state index is 12.6. The number of nitrogens with zero attached hydrogens (tertiary/aromatic N) is 2. The van der Waals surface area contributed by atoms with Gasteiger partial charge in [0.2, 0.25) is 6.41 Å². The van der Waals surface area contributed by atoms with Crippen molar-refractivity contribution in [3.05, 3.63) is 41.7 Å². The first-order chi connectivity index (χ1) is 8.91. The first kappa shape index (κ1) is 13.1. The molecule has 0 radical (unpaired) electrons. The minimum Gasteiger partial charge on any atom is -0.327 e. The Morgan fingerprint density at radius 1 is 1.37 bits per heavy atom. The number of amides is 1. The smallest absolute Gasteiger partial charge is 0.327 e. The van der Waals surface area contributed by atoms with Gasteiger partial charge in [-0.1, -0.05) is 0 Å². The van der Waals surface area contributed by atoms with E-state index in [4.69, 9.17) is 0 Å². The number of rotatable bonds is 3. The molecule has 19 heavy (non-hydrogen) atoms. The summed E-state index contributed by atoms with van der Waals surface area (Å²) in [6.45, 7) is 1.81. The lowest BCUT2D eigenvalue weighted by atomic mass is 10.1. The van der Waals surface area contributed by atoms with Gasteiger partial charge in [-0.2, -0.15) is 18.3 Å². The van der Waals surface area contributed by atoms with Crippen LogP contribution in [0.15, 0.2) is 30.6 Å². The van der Waals surface area contributed by atoms with E-state index in [2.05, 4.69) is 10.4 Å². The normalized spacial score (nSPS) is 11.4. The van der Waals surface area contributed by atoms with Crippen LogP contribution in [0.4, 0.5) is 18.9 Å². The Kier molecular flexibility index (Phi) is 3.28. The first-order valence-electron chi connectivity index (χ1n) is 5.35. The van der Waals surface area contributed by atoms with Gasteiger partial charge in [-0.3, -0.25) is 4.79 Å². The monoisotopic (exact) mass is 269 g/mol. The van der Waals surface area contributed by atoms with Crippen molar-refractivity contribution in [2.75, 3.05) is 5.32 Å². The van der Waals surface area contributed by atoms with Gasteiger partial charge in [0.1, 0.15) is 0 Å². The molecule has 100 valence electrons. The van der Waals surface area contributed by atoms with Gasteiger partial charge in [-0.15, -0.1) is 0 Å². The van der Waals surface area contributed by atoms with Crippen molar-refractivity contribution < 1.29 is 18.0 Å². The van der Waals surface area contributed by atoms with E-state index in [9.17, 15) is 18.0 Å². The van der Waals surface area contributed by atoms with Gasteiger partial charge in [-0.25, -0.2) is 4.68 Å². The predicted octanol–water partition coefficient (Wildman–Crippen LogP) is 2.77. The van der Waals surface area contributed by atoms with Crippen LogP contribution in [-0.4, -0.2) is 16.2 Å². The summed E-state index contributed by atoms with van der Waals surface area (Å²) >= 11 is 0. The number of carbonyl (C=O) groups excluding carboxylic acids is 1. The fourth-order valence-electron chi connectivity index (χ4n) is 1.64. The molecular formula is C12H10F3N3O. The van der Waals surface area contributed by atoms with Crippen LogP contribution in [0, 0.1) is 6.92 Å². The Labute approximate surface area is 106 Å². The molecule has 0 aliphatic heterocycles. The molecule has 1 heterocycles. The van der Waals surface area contributed by atoms with E-state index in [-0.39, 0.29) is 5.69 Å². The summed E-state index contributed by atoms with van der Waals surface area (Å²) < 4.78 is 39.2. The highest BCUT2D eigenvalue weighted by Gasteiger charge is 2.31. The lowest BCUT2D eigenvalue weighted by Crippen LogP contribution is -2.09. The maximum Gasteiger partial charge on any atom is 0.416 e. The molecule has 0 unspecified atom stereocenters. The number of aromatic nitrogens is 2. The molecule has 7 heteroatoms. The van der Waals surface area contributed by atoms with Crippen LogP contribution in [0.1, 0.15) is 11.1 Å². The number of nitrogens with one attached hydrogen (secondary N) is 1. The van der Waals surface area contributed by atoms with E-state index in [0.29, 0.717) is 12.1 Å². The van der Waals surface area contributed by atoms with Crippen LogP contribution >= 0.6 is 0 Å². The molecule has 1 amide bonds. The standard InChI is InChI=1S/C12H10F3N3O/c1-8-5-17-18(6-8)11-3-2-9(12(13,14)15)4-10(11)16-7-19/h2-7H,1H3,(H,16,19). The zero-order valence-electron chi connectivity index (χ0n) is 9.90. The number of anilines is 1. The van der Waals surface area contributed by atoms with Crippen molar-refractivity contribution in [3.63, 3.8) is 0 Å². The molecule has 0 spiro atoms. The number of benzene rings is 1. The predicted molar refractivity (Wildman–Crippen MR) is 63.0 cm³/mol. The lowest BCUT2D eigenvalue weighted by Gasteiger charge is -2.12. The second-order valence-corrected chi connectivity index (χ2v) is 3.95. The summed E-state index contributed by atoms with van der Waals surface area (Å²) in [5, 5.41) is 6.26. The van der Waals surface area contributed by atoms with Crippen molar-refractivity contribution in [2.24, 2.45) is 0 Å². The summed E-state index contributed by atoms with van der Waals surface area (Å²) in [4.78, 5) is 10.5. The van der Waals surface area contributed by atoms with Gasteiger partial charge in [0, 0.05) is 6.20 Å². The minimum absolute atomic E-state index is 0.0490. The first-order valence-corrected chi connectivity index (χ1v) is 5.35. The summed E-state index contributed by atoms with van der Waals surface area (Å²) in [5.41, 5.74) is 0.447. The molecule has 1 aromatic carbocycles. The van der Waals surface area contributed by atoms with Gasteiger partial charge in [0.25, 0.3) is 0 Å². The van der Waals surface area contributed by atoms with E-state index in [1.807, 2.05) is 0 Å². The van der Waals surface area contributed by atoms with Crippen LogP contribution in [0.25, 0.3) is 5.69 Å². The van der Waals surface area contributed by atoms with E-state index in [0.717, 1.165) is 17.7 Å². The molecule has 1 aromatic heterocycles. The van der Waals surface area contributed by atoms with Crippen LogP contribution < -0.4 is 5.32 Å². The molecule has 0 bridgehead atoms. The fourth-order valence-corrected chi connectivity index (χ4v) is 1.64. The van der Waals surface area contributed by atoms with Crippen molar-refractivity contribution >= 4 is 12.1 Å². The van der Waals surface area contributed by atoms with Gasteiger partial charge in [-0.05, 0) is 30.7 Å². The van der Waals surface area contributed by atoms with Gasteiger partial charge < -0.3 is 5.32 Å². The molecule has 0 atom stereocenters. The molecule has 0 saturated heterocycles. The zero-order valence-corrected chi connectivity index (χ0v) is 9.90. The second kappa shape index (κ2) is 4.75. The highest BCUT2D eigenvalue weighted by molar-refractivity contribution is 5.77. The van der Waals surface area contributed by atoms with Crippen molar-refractivity contribution in [3.8, 4) is 5.69 Å². The number of halogens is 3. The molecular weight excluding hydrogens is 259 g/mol. The summed E-state index contributed by atoms with van der Waals surface area (Å²) in [5.74, 6) is 0. The zero-order chi connectivity index (χ0) is 14.0. The second-order valence-electron chi connectivity index (χ2n) is 3.95. The van der Waals surface area contributed by atoms with E-state index in [1.54, 1.807) is 19.3 Å². The van der Waals surface area contributed by atoms with Crippen LogP contribution in [-0.2, 0) is 11.0 Å². The summed E-state index contributed by atoms with van der Waals surface area (Å²) in [6, 6.07) is 3.09. The highest BCUT2D eigenvalue weighted by Crippen LogP contribution is 2.33. The molecule has 0 aliphatic rings. The van der Waals surface area contributed by atoms with Gasteiger partial charge in [0.05, 0.1) is 23.1 Å². The molecule has 2 aromatic rings. The average molecular weight is 269 g/mol. The molecule has 1 N–H and O–H groups in total. The summed E-state index contributed by atoms with van der Waals surface area (Å²) in [6.07, 6.45) is -0.909. The number of hydrogen-bond acceptors (Lipinski definition) is 2. The SMILES string of the molecule is Cc1cnn(-c2ccc(C(F)(F)F)cc2NC=O)c1. The Morgan fingerprint density at radius 3 is 2.63 bits per heavy atom. The molecule has 0 saturated carbocycles. The maximum atomic E-state index is 12.6. The van der Waals surface area contributed by atoms with Crippen LogP contribution in [0.3, 0.4) is 0 Å². The van der Waals surface area contributed by atoms with Crippen molar-refractivity contribution in [2.45, 2.75) is 13.1 Å². The third-order valence-electron chi connectivity index (χ3n) is 2.50. The molecule has 4 nitrogen and oxygen atoms in total. The highest BCUT2D eigenvalue weighted by atomic mass is 19.4. The molecule has 0 fully saturated rings. The molecule has 0 aliphatic carbocycles. The third-order valence-corrected chi connectivity index (χ3v) is 2.50. The quantitative estimate of drug-likeness (QED) is 0.871. The third kappa shape index (κ3) is 2.75. The van der Waals surface area contributed by atoms with Crippen LogP contribution in [0.2, 0.25) is 0 Å². The fraction of sp³-hybridized carbons (Fsp3) is 0.167. The van der Waals surface area contributed by atoms with E-state index >= 15 is 0 Å². The van der Waals surface area contributed by atoms with Gasteiger partial charge in [0.15, 0.2) is 0 Å². The number of hydrogen-bond donors (Lipinski definition) is 1. The van der Waals surface area contributed by atoms with E-state index < -0.39 is 11.7 Å². The van der Waals surface area contributed by atoms with Crippen LogP contribution in [0.5, 0.6) is 0 Å². The van der Waals surface area contributed by atoms with Crippen molar-refractivity contribution in [1.82, 2.24) is 9.78 Å². The Morgan fingerprint density at radius 2 is 2.11 bits per heavy atom.